The number of nitrogens with zero attached hydrogens (tertiary/aromatic N) is 1. The Morgan fingerprint density at radius 1 is 1.41 bits per heavy atom. The molecule has 0 aliphatic carbocycles. The number of carbonyl (C=O) groups is 2. The van der Waals surface area contributed by atoms with Gasteiger partial charge in [0.1, 0.15) is 0 Å². The number of hydrogen-bond acceptors (Lipinski definition) is 3. The largest absolute Gasteiger partial charge is 0.311 e. The minimum Gasteiger partial charge on any atom is -0.311 e. The minimum absolute atomic E-state index is 0.110. The monoisotopic (exact) mass is 249 g/mol. The fourth-order valence-corrected chi connectivity index (χ4v) is 2.38. The van der Waals surface area contributed by atoms with E-state index in [1.54, 1.807) is 22.7 Å². The van der Waals surface area contributed by atoms with Gasteiger partial charge in [-0.05, 0) is 18.4 Å². The quantitative estimate of drug-likeness (QED) is 0.825. The lowest BCUT2D eigenvalue weighted by Crippen LogP contribution is -2.37. The van der Waals surface area contributed by atoms with Crippen molar-refractivity contribution in [3.8, 4) is 0 Å². The molecule has 4 heteroatoms. The number of carbonyl (C=O) groups excluding carboxylic acids is 2. The zero-order chi connectivity index (χ0) is 12.3. The van der Waals surface area contributed by atoms with E-state index in [4.69, 9.17) is 0 Å². The second-order valence-electron chi connectivity index (χ2n) is 3.98. The van der Waals surface area contributed by atoms with Crippen molar-refractivity contribution in [1.29, 1.82) is 0 Å². The van der Waals surface area contributed by atoms with Crippen LogP contribution in [-0.2, 0) is 4.79 Å². The number of para-hydroxylation sites is 1. The zero-order valence-electron chi connectivity index (χ0n) is 9.81. The van der Waals surface area contributed by atoms with Crippen LogP contribution in [0.4, 0.5) is 5.69 Å². The van der Waals surface area contributed by atoms with Crippen molar-refractivity contribution >= 4 is 29.1 Å². The van der Waals surface area contributed by atoms with Crippen molar-refractivity contribution in [2.75, 3.05) is 23.5 Å². The fourth-order valence-electron chi connectivity index (χ4n) is 2.00. The second-order valence-corrected chi connectivity index (χ2v) is 4.96. The highest BCUT2D eigenvalue weighted by atomic mass is 32.2. The van der Waals surface area contributed by atoms with Crippen LogP contribution in [0, 0.1) is 0 Å². The van der Waals surface area contributed by atoms with Crippen molar-refractivity contribution in [3.63, 3.8) is 0 Å². The van der Waals surface area contributed by atoms with Gasteiger partial charge >= 0.3 is 0 Å². The van der Waals surface area contributed by atoms with Gasteiger partial charge in [-0.3, -0.25) is 9.59 Å². The molecule has 0 spiro atoms. The van der Waals surface area contributed by atoms with Gasteiger partial charge in [0.2, 0.25) is 5.91 Å². The first kappa shape index (κ1) is 12.2. The number of thioether (sulfide) groups is 1. The van der Waals surface area contributed by atoms with Gasteiger partial charge in [-0.15, -0.1) is 0 Å². The number of anilines is 1. The Morgan fingerprint density at radius 2 is 2.18 bits per heavy atom. The molecule has 17 heavy (non-hydrogen) atoms. The molecule has 0 N–H and O–H groups in total. The lowest BCUT2D eigenvalue weighted by Gasteiger charge is -2.28. The molecule has 2 rings (SSSR count). The molecule has 3 nitrogen and oxygen atoms in total. The molecule has 1 amide bonds. The predicted molar refractivity (Wildman–Crippen MR) is 70.7 cm³/mol. The second kappa shape index (κ2) is 5.36. The Bertz CT molecular complexity index is 445. The number of hydrogen-bond donors (Lipinski definition) is 0. The molecule has 1 heterocycles. The van der Waals surface area contributed by atoms with E-state index in [-0.39, 0.29) is 11.7 Å². The molecule has 0 atom stereocenters. The van der Waals surface area contributed by atoms with Crippen molar-refractivity contribution in [1.82, 2.24) is 0 Å². The van der Waals surface area contributed by atoms with Crippen LogP contribution in [0.25, 0.3) is 0 Å². The Kier molecular flexibility index (Phi) is 3.84. The molecule has 90 valence electrons. The predicted octanol–water partition coefficient (Wildman–Crippen LogP) is 2.36. The highest BCUT2D eigenvalue weighted by Gasteiger charge is 2.26. The summed E-state index contributed by atoms with van der Waals surface area (Å²) >= 11 is 1.66. The van der Waals surface area contributed by atoms with Crippen molar-refractivity contribution in [2.24, 2.45) is 0 Å². The van der Waals surface area contributed by atoms with Gasteiger partial charge in [-0.1, -0.05) is 12.1 Å². The molecule has 1 aliphatic rings. The first-order valence-electron chi connectivity index (χ1n) is 5.65. The normalized spacial score (nSPS) is 14.6. The molecule has 0 saturated heterocycles. The number of Topliss-reactive ketones (excluding diaryl/α,β-unsaturated/α-hetero) is 1. The highest BCUT2D eigenvalue weighted by Crippen LogP contribution is 2.27. The average Bonchev–Trinajstić information content (AvgIpc) is 2.37. The molecule has 1 aromatic carbocycles. The number of fused-ring (bicyclic) bond motifs is 1. The third kappa shape index (κ3) is 2.52. The Morgan fingerprint density at radius 3 is 2.94 bits per heavy atom. The third-order valence-electron chi connectivity index (χ3n) is 2.88. The number of amides is 1. The summed E-state index contributed by atoms with van der Waals surface area (Å²) in [4.78, 5) is 25.5. The lowest BCUT2D eigenvalue weighted by atomic mass is 10.0. The smallest absolute Gasteiger partial charge is 0.227 e. The van der Waals surface area contributed by atoms with Crippen molar-refractivity contribution in [3.05, 3.63) is 29.8 Å². The minimum atomic E-state index is 0.110. The van der Waals surface area contributed by atoms with Gasteiger partial charge in [0.15, 0.2) is 5.78 Å². The van der Waals surface area contributed by atoms with Crippen molar-refractivity contribution in [2.45, 2.75) is 12.8 Å². The van der Waals surface area contributed by atoms with Crippen LogP contribution in [0.3, 0.4) is 0 Å². The standard InChI is InChI=1S/C13H15NO2S/c1-17-9-7-13(16)14-8-6-12(15)10-4-2-3-5-11(10)14/h2-5H,6-9H2,1H3. The van der Waals surface area contributed by atoms with E-state index < -0.39 is 0 Å². The molecular weight excluding hydrogens is 234 g/mol. The summed E-state index contributed by atoms with van der Waals surface area (Å²) in [7, 11) is 0. The summed E-state index contributed by atoms with van der Waals surface area (Å²) in [6.45, 7) is 0.517. The molecule has 0 unspecified atom stereocenters. The highest BCUT2D eigenvalue weighted by molar-refractivity contribution is 7.98. The van der Waals surface area contributed by atoms with E-state index in [2.05, 4.69) is 0 Å². The van der Waals surface area contributed by atoms with E-state index in [9.17, 15) is 9.59 Å². The van der Waals surface area contributed by atoms with E-state index in [0.29, 0.717) is 24.9 Å². The Balaban J connectivity index is 2.24. The van der Waals surface area contributed by atoms with Gasteiger partial charge < -0.3 is 4.90 Å². The topological polar surface area (TPSA) is 37.4 Å². The van der Waals surface area contributed by atoms with Crippen LogP contribution in [-0.4, -0.2) is 30.2 Å². The van der Waals surface area contributed by atoms with Crippen LogP contribution < -0.4 is 4.90 Å². The van der Waals surface area contributed by atoms with E-state index in [0.717, 1.165) is 11.4 Å². The maximum absolute atomic E-state index is 12.0. The Labute approximate surface area is 105 Å². The molecule has 0 radical (unpaired) electrons. The average molecular weight is 249 g/mol. The summed E-state index contributed by atoms with van der Waals surface area (Å²) in [6.07, 6.45) is 2.95. The number of benzene rings is 1. The molecule has 0 fully saturated rings. The summed E-state index contributed by atoms with van der Waals surface area (Å²) in [5.74, 6) is 1.07. The van der Waals surface area contributed by atoms with Crippen LogP contribution >= 0.6 is 11.8 Å². The molecule has 1 aliphatic heterocycles. The van der Waals surface area contributed by atoms with Crippen LogP contribution in [0.15, 0.2) is 24.3 Å². The van der Waals surface area contributed by atoms with Gasteiger partial charge in [0.25, 0.3) is 0 Å². The lowest BCUT2D eigenvalue weighted by molar-refractivity contribution is -0.118. The van der Waals surface area contributed by atoms with Gasteiger partial charge in [-0.25, -0.2) is 0 Å². The summed E-state index contributed by atoms with van der Waals surface area (Å²) in [5, 5.41) is 0. The van der Waals surface area contributed by atoms with E-state index in [1.807, 2.05) is 24.5 Å². The zero-order valence-corrected chi connectivity index (χ0v) is 10.6. The molecule has 1 aromatic rings. The summed E-state index contributed by atoms with van der Waals surface area (Å²) < 4.78 is 0. The van der Waals surface area contributed by atoms with Gasteiger partial charge in [0.05, 0.1) is 5.69 Å². The van der Waals surface area contributed by atoms with E-state index >= 15 is 0 Å². The molecule has 0 aromatic heterocycles. The Hall–Kier alpha value is -1.29. The van der Waals surface area contributed by atoms with E-state index in [1.165, 1.54) is 0 Å². The van der Waals surface area contributed by atoms with Crippen molar-refractivity contribution < 1.29 is 9.59 Å². The maximum Gasteiger partial charge on any atom is 0.227 e. The van der Waals surface area contributed by atoms with Crippen LogP contribution in [0.2, 0.25) is 0 Å². The molecule has 0 saturated carbocycles. The number of rotatable bonds is 3. The SMILES string of the molecule is CSCCC(=O)N1CCC(=O)c2ccccc21. The van der Waals surface area contributed by atoms with Crippen LogP contribution in [0.5, 0.6) is 0 Å². The number of ketones is 1. The molecular formula is C13H15NO2S. The molecule has 0 bridgehead atoms. The van der Waals surface area contributed by atoms with Gasteiger partial charge in [0, 0.05) is 30.7 Å². The first-order chi connectivity index (χ1) is 8.24. The maximum atomic E-state index is 12.0. The van der Waals surface area contributed by atoms with Gasteiger partial charge in [-0.2, -0.15) is 11.8 Å². The summed E-state index contributed by atoms with van der Waals surface area (Å²) in [5.41, 5.74) is 1.45. The van der Waals surface area contributed by atoms with Crippen LogP contribution in [0.1, 0.15) is 23.2 Å². The fraction of sp³-hybridized carbons (Fsp3) is 0.385. The summed E-state index contributed by atoms with van der Waals surface area (Å²) in [6, 6.07) is 7.36. The third-order valence-corrected chi connectivity index (χ3v) is 3.49. The first-order valence-corrected chi connectivity index (χ1v) is 7.05.